The Balaban J connectivity index is 1.43. The molecule has 0 radical (unpaired) electrons. The van der Waals surface area contributed by atoms with Crippen molar-refractivity contribution in [1.29, 1.82) is 0 Å². The van der Waals surface area contributed by atoms with Crippen LogP contribution >= 0.6 is 0 Å². The van der Waals surface area contributed by atoms with Gasteiger partial charge < -0.3 is 14.5 Å². The number of carbonyl (C=O) groups is 1. The van der Waals surface area contributed by atoms with Crippen molar-refractivity contribution in [2.75, 3.05) is 38.3 Å². The fraction of sp³-hybridized carbons (Fsp3) is 0.450. The van der Waals surface area contributed by atoms with Crippen molar-refractivity contribution >= 4 is 11.7 Å². The molecule has 2 aliphatic heterocycles. The molecule has 1 amide bonds. The minimum atomic E-state index is -0.536. The van der Waals surface area contributed by atoms with Gasteiger partial charge in [0.1, 0.15) is 17.8 Å². The molecule has 0 N–H and O–H groups in total. The molecule has 148 valence electrons. The minimum absolute atomic E-state index is 0.00802. The summed E-state index contributed by atoms with van der Waals surface area (Å²) in [6.45, 7) is 2.28. The maximum atomic E-state index is 15.0. The molecule has 6 nitrogen and oxygen atoms in total. The van der Waals surface area contributed by atoms with E-state index < -0.39 is 5.82 Å². The summed E-state index contributed by atoms with van der Waals surface area (Å²) >= 11 is 0. The van der Waals surface area contributed by atoms with Crippen LogP contribution in [0.15, 0.2) is 30.6 Å². The quantitative estimate of drug-likeness (QED) is 0.806. The third kappa shape index (κ3) is 3.56. The lowest BCUT2D eigenvalue weighted by Crippen LogP contribution is -2.61. The topological polar surface area (TPSA) is 58.6 Å². The van der Waals surface area contributed by atoms with E-state index in [9.17, 15) is 13.6 Å². The molecular weight excluding hydrogens is 366 g/mol. The number of hydrogen-bond donors (Lipinski definition) is 0. The molecule has 1 aromatic carbocycles. The van der Waals surface area contributed by atoms with Crippen molar-refractivity contribution in [2.24, 2.45) is 5.92 Å². The third-order valence-corrected chi connectivity index (χ3v) is 5.52. The number of anilines is 1. The summed E-state index contributed by atoms with van der Waals surface area (Å²) < 4.78 is 33.4. The van der Waals surface area contributed by atoms with Crippen molar-refractivity contribution in [3.63, 3.8) is 0 Å². The molecule has 0 bridgehead atoms. The van der Waals surface area contributed by atoms with E-state index in [-0.39, 0.29) is 35.2 Å². The number of likely N-dealkylation sites (N-methyl/N-ethyl adjacent to an activating group) is 1. The Kier molecular flexibility index (Phi) is 5.21. The Morgan fingerprint density at radius 1 is 1.14 bits per heavy atom. The lowest BCUT2D eigenvalue weighted by atomic mass is 9.97. The second-order valence-electron chi connectivity index (χ2n) is 7.26. The van der Waals surface area contributed by atoms with Gasteiger partial charge in [-0.1, -0.05) is 0 Å². The summed E-state index contributed by atoms with van der Waals surface area (Å²) in [4.78, 5) is 24.3. The third-order valence-electron chi connectivity index (χ3n) is 5.52. The van der Waals surface area contributed by atoms with Gasteiger partial charge in [0.15, 0.2) is 11.6 Å². The number of halogens is 2. The summed E-state index contributed by atoms with van der Waals surface area (Å²) in [6.07, 6.45) is 2.81. The molecule has 0 spiro atoms. The first-order valence-electron chi connectivity index (χ1n) is 9.40. The average Bonchev–Trinajstić information content (AvgIpc) is 2.69. The van der Waals surface area contributed by atoms with Gasteiger partial charge in [-0.15, -0.1) is 0 Å². The highest BCUT2D eigenvalue weighted by Gasteiger charge is 2.37. The Morgan fingerprint density at radius 3 is 2.50 bits per heavy atom. The Bertz CT molecular complexity index is 850. The first-order valence-corrected chi connectivity index (χ1v) is 9.40. The van der Waals surface area contributed by atoms with Gasteiger partial charge in [-0.25, -0.2) is 18.7 Å². The van der Waals surface area contributed by atoms with Crippen LogP contribution in [0.4, 0.5) is 14.6 Å². The lowest BCUT2D eigenvalue weighted by molar-refractivity contribution is -0.139. The normalized spacial score (nSPS) is 18.0. The van der Waals surface area contributed by atoms with E-state index in [0.717, 1.165) is 12.8 Å². The van der Waals surface area contributed by atoms with Crippen LogP contribution in [0, 0.1) is 17.6 Å². The zero-order valence-electron chi connectivity index (χ0n) is 15.6. The van der Waals surface area contributed by atoms with Gasteiger partial charge >= 0.3 is 0 Å². The summed E-state index contributed by atoms with van der Waals surface area (Å²) in [7, 11) is 1.81. The summed E-state index contributed by atoms with van der Waals surface area (Å²) in [5.41, 5.74) is 0.631. The highest BCUT2D eigenvalue weighted by atomic mass is 19.1. The van der Waals surface area contributed by atoms with Gasteiger partial charge in [0.05, 0.1) is 6.04 Å². The van der Waals surface area contributed by atoms with Gasteiger partial charge in [-0.2, -0.15) is 0 Å². The van der Waals surface area contributed by atoms with Crippen molar-refractivity contribution in [1.82, 2.24) is 14.9 Å². The average molecular weight is 388 g/mol. The Labute approximate surface area is 162 Å². The van der Waals surface area contributed by atoms with Crippen molar-refractivity contribution in [2.45, 2.75) is 18.9 Å². The van der Waals surface area contributed by atoms with Crippen LogP contribution in [0.2, 0.25) is 0 Å². The fourth-order valence-electron chi connectivity index (χ4n) is 3.68. The molecule has 8 heteroatoms. The summed E-state index contributed by atoms with van der Waals surface area (Å²) in [6, 6.07) is 5.55. The smallest absolute Gasteiger partial charge is 0.225 e. The fourth-order valence-corrected chi connectivity index (χ4v) is 3.68. The van der Waals surface area contributed by atoms with Crippen LogP contribution in [-0.4, -0.2) is 60.2 Å². The predicted molar refractivity (Wildman–Crippen MR) is 99.7 cm³/mol. The molecule has 0 aliphatic carbocycles. The van der Waals surface area contributed by atoms with E-state index in [4.69, 9.17) is 4.74 Å². The molecule has 2 aliphatic rings. The van der Waals surface area contributed by atoms with Crippen LogP contribution in [0.5, 0.6) is 0 Å². The lowest BCUT2D eigenvalue weighted by Gasteiger charge is -2.45. The summed E-state index contributed by atoms with van der Waals surface area (Å²) in [5, 5.41) is 0. The largest absolute Gasteiger partial charge is 0.381 e. The highest BCUT2D eigenvalue weighted by Crippen LogP contribution is 2.30. The first-order chi connectivity index (χ1) is 13.5. The maximum Gasteiger partial charge on any atom is 0.225 e. The van der Waals surface area contributed by atoms with Crippen molar-refractivity contribution in [3.8, 4) is 11.3 Å². The van der Waals surface area contributed by atoms with E-state index in [1.165, 1.54) is 30.6 Å². The SMILES string of the molecule is CN(C(=O)C1CCOCC1)C1CN(c2ncnc(-c3ccc(F)cc3)c2F)C1. The van der Waals surface area contributed by atoms with Crippen LogP contribution in [-0.2, 0) is 9.53 Å². The van der Waals surface area contributed by atoms with E-state index >= 15 is 0 Å². The molecule has 0 atom stereocenters. The molecule has 0 unspecified atom stereocenters. The minimum Gasteiger partial charge on any atom is -0.381 e. The van der Waals surface area contributed by atoms with E-state index in [1.54, 1.807) is 16.8 Å². The second-order valence-corrected chi connectivity index (χ2v) is 7.26. The Hall–Kier alpha value is -2.61. The number of aromatic nitrogens is 2. The maximum absolute atomic E-state index is 15.0. The van der Waals surface area contributed by atoms with Gasteiger partial charge in [0, 0.05) is 44.8 Å². The van der Waals surface area contributed by atoms with Gasteiger partial charge in [-0.3, -0.25) is 4.79 Å². The highest BCUT2D eigenvalue weighted by molar-refractivity contribution is 5.79. The predicted octanol–water partition coefficient (Wildman–Crippen LogP) is 2.50. The molecular formula is C20H22F2N4O2. The number of amides is 1. The molecule has 28 heavy (non-hydrogen) atoms. The number of rotatable bonds is 4. The van der Waals surface area contributed by atoms with Crippen LogP contribution in [0.1, 0.15) is 12.8 Å². The van der Waals surface area contributed by atoms with E-state index in [1.807, 2.05) is 0 Å². The molecule has 2 aromatic rings. The number of benzene rings is 1. The first kappa shape index (κ1) is 18.7. The standard InChI is InChI=1S/C20H22F2N4O2/c1-25(20(27)14-6-8-28-9-7-14)16-10-26(11-16)19-17(22)18(23-12-24-19)13-2-4-15(21)5-3-13/h2-5,12,14,16H,6-11H2,1H3. The van der Waals surface area contributed by atoms with Crippen molar-refractivity contribution in [3.05, 3.63) is 42.2 Å². The molecule has 4 rings (SSSR count). The van der Waals surface area contributed by atoms with Crippen molar-refractivity contribution < 1.29 is 18.3 Å². The number of hydrogen-bond acceptors (Lipinski definition) is 5. The molecule has 2 fully saturated rings. The van der Waals surface area contributed by atoms with Gasteiger partial charge in [-0.05, 0) is 37.1 Å². The van der Waals surface area contributed by atoms with Crippen LogP contribution in [0.25, 0.3) is 11.3 Å². The Morgan fingerprint density at radius 2 is 1.82 bits per heavy atom. The number of nitrogens with zero attached hydrogens (tertiary/aromatic N) is 4. The molecule has 0 saturated carbocycles. The van der Waals surface area contributed by atoms with Crippen LogP contribution < -0.4 is 4.90 Å². The zero-order valence-corrected chi connectivity index (χ0v) is 15.6. The molecule has 1 aromatic heterocycles. The molecule has 2 saturated heterocycles. The number of ether oxygens (including phenoxy) is 1. The van der Waals surface area contributed by atoms with E-state index in [0.29, 0.717) is 31.9 Å². The van der Waals surface area contributed by atoms with E-state index in [2.05, 4.69) is 9.97 Å². The molecule has 3 heterocycles. The zero-order chi connectivity index (χ0) is 19.7. The summed E-state index contributed by atoms with van der Waals surface area (Å²) in [5.74, 6) is -0.582. The van der Waals surface area contributed by atoms with Gasteiger partial charge in [0.25, 0.3) is 0 Å². The second kappa shape index (κ2) is 7.79. The van der Waals surface area contributed by atoms with Gasteiger partial charge in [0.2, 0.25) is 5.91 Å². The monoisotopic (exact) mass is 388 g/mol. The number of carbonyl (C=O) groups excluding carboxylic acids is 1. The van der Waals surface area contributed by atoms with Crippen LogP contribution in [0.3, 0.4) is 0 Å².